The third-order valence-corrected chi connectivity index (χ3v) is 5.29. The molecular weight excluding hydrogens is 320 g/mol. The van der Waals surface area contributed by atoms with Gasteiger partial charge in [-0.2, -0.15) is 0 Å². The fourth-order valence-corrected chi connectivity index (χ4v) is 3.63. The summed E-state index contributed by atoms with van der Waals surface area (Å²) in [5.41, 5.74) is 5.97. The van der Waals surface area contributed by atoms with Crippen LogP contribution in [0.3, 0.4) is 0 Å². The zero-order valence-corrected chi connectivity index (χ0v) is 14.9. The second-order valence-corrected chi connectivity index (χ2v) is 7.16. The van der Waals surface area contributed by atoms with E-state index in [9.17, 15) is 9.59 Å². The Morgan fingerprint density at radius 2 is 1.92 bits per heavy atom. The Hall–Kier alpha value is -1.86. The van der Waals surface area contributed by atoms with Crippen molar-refractivity contribution in [2.45, 2.75) is 32.4 Å². The maximum atomic E-state index is 12.6. The van der Waals surface area contributed by atoms with Gasteiger partial charge in [-0.15, -0.1) is 0 Å². The lowest BCUT2D eigenvalue weighted by Gasteiger charge is -2.37. The largest absolute Gasteiger partial charge is 0.468 e. The zero-order chi connectivity index (χ0) is 17.8. The van der Waals surface area contributed by atoms with Gasteiger partial charge in [-0.05, 0) is 37.8 Å². The first kappa shape index (κ1) is 17.9. The molecule has 1 aromatic rings. The summed E-state index contributed by atoms with van der Waals surface area (Å²) >= 11 is 0. The van der Waals surface area contributed by atoms with Crippen molar-refractivity contribution < 1.29 is 14.0 Å². The van der Waals surface area contributed by atoms with E-state index in [0.717, 1.165) is 38.2 Å². The van der Waals surface area contributed by atoms with E-state index in [1.807, 2.05) is 19.1 Å². The number of carbonyl (C=O) groups excluding carboxylic acids is 2. The quantitative estimate of drug-likeness (QED) is 0.805. The van der Waals surface area contributed by atoms with E-state index in [0.29, 0.717) is 26.2 Å². The molecule has 2 atom stereocenters. The molecule has 7 nitrogen and oxygen atoms in total. The van der Waals surface area contributed by atoms with Crippen LogP contribution in [0.5, 0.6) is 0 Å². The smallest absolute Gasteiger partial charge is 0.312 e. The lowest BCUT2D eigenvalue weighted by Crippen LogP contribution is -2.55. The number of amides is 2. The van der Waals surface area contributed by atoms with Crippen molar-refractivity contribution in [1.82, 2.24) is 14.7 Å². The highest BCUT2D eigenvalue weighted by Gasteiger charge is 2.33. The van der Waals surface area contributed by atoms with Gasteiger partial charge in [0.2, 0.25) is 0 Å². The number of piperazine rings is 1. The number of hydrogen-bond acceptors (Lipinski definition) is 5. The first-order chi connectivity index (χ1) is 12.0. The fraction of sp³-hybridized carbons (Fsp3) is 0.667. The van der Waals surface area contributed by atoms with Crippen LogP contribution in [0.4, 0.5) is 0 Å². The van der Waals surface area contributed by atoms with Crippen molar-refractivity contribution in [3.8, 4) is 0 Å². The molecule has 2 aliphatic rings. The van der Waals surface area contributed by atoms with E-state index in [4.69, 9.17) is 10.2 Å². The monoisotopic (exact) mass is 348 g/mol. The van der Waals surface area contributed by atoms with Crippen LogP contribution < -0.4 is 5.73 Å². The summed E-state index contributed by atoms with van der Waals surface area (Å²) in [4.78, 5) is 30.7. The Morgan fingerprint density at radius 1 is 1.20 bits per heavy atom. The van der Waals surface area contributed by atoms with Gasteiger partial charge in [-0.3, -0.25) is 14.5 Å². The molecule has 25 heavy (non-hydrogen) atoms. The molecule has 0 aliphatic carbocycles. The first-order valence-electron chi connectivity index (χ1n) is 9.13. The lowest BCUT2D eigenvalue weighted by molar-refractivity contribution is -0.154. The molecule has 0 spiro atoms. The van der Waals surface area contributed by atoms with Crippen molar-refractivity contribution in [2.24, 2.45) is 11.7 Å². The van der Waals surface area contributed by atoms with Crippen molar-refractivity contribution in [1.29, 1.82) is 0 Å². The average Bonchev–Trinajstić information content (AvgIpc) is 3.14. The number of furan rings is 1. The van der Waals surface area contributed by atoms with Crippen LogP contribution in [-0.4, -0.2) is 71.8 Å². The minimum absolute atomic E-state index is 0.0517. The second kappa shape index (κ2) is 8.01. The molecule has 0 saturated carbocycles. The molecule has 1 aromatic heterocycles. The first-order valence-corrected chi connectivity index (χ1v) is 9.13. The molecule has 7 heteroatoms. The summed E-state index contributed by atoms with van der Waals surface area (Å²) in [5.74, 6) is 0.467. The van der Waals surface area contributed by atoms with E-state index in [-0.39, 0.29) is 23.8 Å². The molecule has 2 unspecified atom stereocenters. The molecule has 0 bridgehead atoms. The van der Waals surface area contributed by atoms with E-state index in [2.05, 4.69) is 4.90 Å². The SMILES string of the molecule is CC(N)C1CCCN(C(=O)C(=O)N2CCN(Cc3ccco3)CC2)C1. The van der Waals surface area contributed by atoms with Gasteiger partial charge in [0.15, 0.2) is 0 Å². The molecule has 2 fully saturated rings. The van der Waals surface area contributed by atoms with E-state index in [1.165, 1.54) is 0 Å². The van der Waals surface area contributed by atoms with Crippen LogP contribution in [0, 0.1) is 5.92 Å². The van der Waals surface area contributed by atoms with Crippen LogP contribution in [0.25, 0.3) is 0 Å². The predicted molar refractivity (Wildman–Crippen MR) is 93.5 cm³/mol. The molecule has 138 valence electrons. The molecule has 0 radical (unpaired) electrons. The van der Waals surface area contributed by atoms with Crippen molar-refractivity contribution in [2.75, 3.05) is 39.3 Å². The number of hydrogen-bond donors (Lipinski definition) is 1. The van der Waals surface area contributed by atoms with Gasteiger partial charge in [0.05, 0.1) is 12.8 Å². The number of likely N-dealkylation sites (tertiary alicyclic amines) is 1. The van der Waals surface area contributed by atoms with Gasteiger partial charge in [-0.25, -0.2) is 0 Å². The topological polar surface area (TPSA) is 83.0 Å². The van der Waals surface area contributed by atoms with Crippen molar-refractivity contribution in [3.63, 3.8) is 0 Å². The number of piperidine rings is 1. The number of carbonyl (C=O) groups is 2. The summed E-state index contributed by atoms with van der Waals surface area (Å²) in [6, 6.07) is 3.88. The van der Waals surface area contributed by atoms with Gasteiger partial charge in [0.1, 0.15) is 5.76 Å². The van der Waals surface area contributed by atoms with E-state index < -0.39 is 0 Å². The van der Waals surface area contributed by atoms with Gasteiger partial charge < -0.3 is 20.0 Å². The normalized spacial score (nSPS) is 23.5. The Bertz CT molecular complexity index is 579. The maximum absolute atomic E-state index is 12.6. The number of nitrogens with zero attached hydrogens (tertiary/aromatic N) is 3. The second-order valence-electron chi connectivity index (χ2n) is 7.16. The highest BCUT2D eigenvalue weighted by Crippen LogP contribution is 2.19. The minimum atomic E-state index is -0.372. The lowest BCUT2D eigenvalue weighted by atomic mass is 9.92. The van der Waals surface area contributed by atoms with Crippen molar-refractivity contribution >= 4 is 11.8 Å². The standard InChI is InChI=1S/C18H28N4O3/c1-14(19)15-4-2-6-22(12-15)18(24)17(23)21-9-7-20(8-10-21)13-16-5-3-11-25-16/h3,5,11,14-15H,2,4,6-10,12-13,19H2,1H3. The average molecular weight is 348 g/mol. The molecule has 2 saturated heterocycles. The van der Waals surface area contributed by atoms with Crippen molar-refractivity contribution in [3.05, 3.63) is 24.2 Å². The van der Waals surface area contributed by atoms with Gasteiger partial charge in [0, 0.05) is 45.3 Å². The van der Waals surface area contributed by atoms with Crippen LogP contribution in [-0.2, 0) is 16.1 Å². The summed E-state index contributed by atoms with van der Waals surface area (Å²) < 4.78 is 5.36. The highest BCUT2D eigenvalue weighted by atomic mass is 16.3. The number of rotatable bonds is 3. The Labute approximate surface area is 148 Å². The van der Waals surface area contributed by atoms with Crippen LogP contribution in [0.2, 0.25) is 0 Å². The summed E-state index contributed by atoms with van der Waals surface area (Å²) in [7, 11) is 0. The molecular formula is C18H28N4O3. The van der Waals surface area contributed by atoms with Gasteiger partial charge >= 0.3 is 11.8 Å². The Balaban J connectivity index is 1.49. The van der Waals surface area contributed by atoms with Crippen LogP contribution in [0.1, 0.15) is 25.5 Å². The molecule has 2 amide bonds. The molecule has 0 aromatic carbocycles. The molecule has 3 heterocycles. The van der Waals surface area contributed by atoms with Crippen LogP contribution in [0.15, 0.2) is 22.8 Å². The Morgan fingerprint density at radius 3 is 2.56 bits per heavy atom. The minimum Gasteiger partial charge on any atom is -0.468 e. The maximum Gasteiger partial charge on any atom is 0.312 e. The molecule has 2 N–H and O–H groups in total. The third-order valence-electron chi connectivity index (χ3n) is 5.29. The zero-order valence-electron chi connectivity index (χ0n) is 14.9. The van der Waals surface area contributed by atoms with Gasteiger partial charge in [0.25, 0.3) is 0 Å². The molecule has 2 aliphatic heterocycles. The summed E-state index contributed by atoms with van der Waals surface area (Å²) in [5, 5.41) is 0. The predicted octanol–water partition coefficient (Wildman–Crippen LogP) is 0.510. The fourth-order valence-electron chi connectivity index (χ4n) is 3.63. The molecule has 3 rings (SSSR count). The highest BCUT2D eigenvalue weighted by molar-refractivity contribution is 6.34. The van der Waals surface area contributed by atoms with Gasteiger partial charge in [-0.1, -0.05) is 0 Å². The van der Waals surface area contributed by atoms with E-state index >= 15 is 0 Å². The van der Waals surface area contributed by atoms with Crippen LogP contribution >= 0.6 is 0 Å². The number of nitrogens with two attached hydrogens (primary N) is 1. The summed E-state index contributed by atoms with van der Waals surface area (Å²) in [6.45, 7) is 6.63. The Kier molecular flexibility index (Phi) is 5.75. The third kappa shape index (κ3) is 4.41. The van der Waals surface area contributed by atoms with E-state index in [1.54, 1.807) is 16.1 Å². The summed E-state index contributed by atoms with van der Waals surface area (Å²) in [6.07, 6.45) is 3.62.